The smallest absolute Gasteiger partial charge is 0.319 e. The highest BCUT2D eigenvalue weighted by Crippen LogP contribution is 2.39. The van der Waals surface area contributed by atoms with Gasteiger partial charge in [-0.25, -0.2) is 4.79 Å². The summed E-state index contributed by atoms with van der Waals surface area (Å²) in [5.74, 6) is 1.99. The third-order valence-electron chi connectivity index (χ3n) is 5.36. The third-order valence-corrected chi connectivity index (χ3v) is 5.36. The molecule has 1 aliphatic rings. The molecule has 156 valence electrons. The van der Waals surface area contributed by atoms with E-state index in [1.807, 2.05) is 18.2 Å². The van der Waals surface area contributed by atoms with E-state index in [0.717, 1.165) is 24.2 Å². The fourth-order valence-electron chi connectivity index (χ4n) is 3.72. The first-order chi connectivity index (χ1) is 14.1. The molecule has 2 N–H and O–H groups in total. The monoisotopic (exact) mass is 400 g/mol. The molecule has 7 nitrogen and oxygen atoms in total. The van der Waals surface area contributed by atoms with Crippen LogP contribution in [0.25, 0.3) is 0 Å². The van der Waals surface area contributed by atoms with Crippen molar-refractivity contribution in [2.75, 3.05) is 46.4 Å². The molecule has 2 amide bonds. The average Bonchev–Trinajstić information content (AvgIpc) is 2.78. The second-order valence-corrected chi connectivity index (χ2v) is 6.97. The van der Waals surface area contributed by atoms with E-state index in [1.165, 1.54) is 0 Å². The number of hydrogen-bond acceptors (Lipinski definition) is 5. The number of para-hydroxylation sites is 1. The number of carbonyl (C=O) groups is 1. The quantitative estimate of drug-likeness (QED) is 0.743. The predicted molar refractivity (Wildman–Crippen MR) is 111 cm³/mol. The van der Waals surface area contributed by atoms with Crippen molar-refractivity contribution >= 4 is 11.7 Å². The summed E-state index contributed by atoms with van der Waals surface area (Å²) >= 11 is 0. The number of benzene rings is 2. The van der Waals surface area contributed by atoms with Gasteiger partial charge in [-0.2, -0.15) is 0 Å². The Hall–Kier alpha value is -2.93. The molecule has 0 aromatic heterocycles. The van der Waals surface area contributed by atoms with Crippen LogP contribution in [0.15, 0.2) is 42.5 Å². The minimum absolute atomic E-state index is 0.236. The highest BCUT2D eigenvalue weighted by molar-refractivity contribution is 5.89. The Balaban J connectivity index is 1.72. The van der Waals surface area contributed by atoms with Gasteiger partial charge in [0.15, 0.2) is 11.5 Å². The normalized spacial score (nSPS) is 15.3. The number of carbonyl (C=O) groups excluding carboxylic acids is 1. The van der Waals surface area contributed by atoms with Crippen molar-refractivity contribution in [3.8, 4) is 17.2 Å². The lowest BCUT2D eigenvalue weighted by Gasteiger charge is -2.38. The summed E-state index contributed by atoms with van der Waals surface area (Å²) in [6.07, 6.45) is 1.62. The lowest BCUT2D eigenvalue weighted by Crippen LogP contribution is -2.45. The maximum atomic E-state index is 12.6. The molecule has 0 spiro atoms. The number of nitrogens with one attached hydrogen (secondary N) is 2. The third kappa shape index (κ3) is 4.74. The van der Waals surface area contributed by atoms with Crippen molar-refractivity contribution in [3.63, 3.8) is 0 Å². The van der Waals surface area contributed by atoms with Crippen molar-refractivity contribution in [2.24, 2.45) is 0 Å². The summed E-state index contributed by atoms with van der Waals surface area (Å²) in [5.41, 5.74) is 1.48. The van der Waals surface area contributed by atoms with Crippen LogP contribution >= 0.6 is 0 Å². The topological polar surface area (TPSA) is 78.1 Å². The summed E-state index contributed by atoms with van der Waals surface area (Å²) in [6.45, 7) is 1.78. The standard InChI is InChI=1S/C22H28N2O5/c1-26-18-7-5-4-6-17(18)22(10-12-29-13-11-22)15-23-21(25)24-16-8-9-19(27-2)20(14-16)28-3/h4-9,14H,10-13,15H2,1-3H3,(H2,23,24,25). The highest BCUT2D eigenvalue weighted by atomic mass is 16.5. The number of rotatable bonds is 7. The first-order valence-electron chi connectivity index (χ1n) is 9.60. The maximum Gasteiger partial charge on any atom is 0.319 e. The van der Waals surface area contributed by atoms with Crippen molar-refractivity contribution in [2.45, 2.75) is 18.3 Å². The molecule has 2 aromatic carbocycles. The molecule has 0 radical (unpaired) electrons. The Morgan fingerprint density at radius 3 is 2.34 bits per heavy atom. The van der Waals surface area contributed by atoms with Gasteiger partial charge in [-0.3, -0.25) is 0 Å². The molecule has 0 aliphatic carbocycles. The molecule has 0 atom stereocenters. The minimum Gasteiger partial charge on any atom is -0.496 e. The van der Waals surface area contributed by atoms with E-state index < -0.39 is 0 Å². The molecular formula is C22H28N2O5. The summed E-state index contributed by atoms with van der Waals surface area (Å²) in [4.78, 5) is 12.6. The van der Waals surface area contributed by atoms with Gasteiger partial charge in [0.2, 0.25) is 0 Å². The second kappa shape index (κ2) is 9.52. The van der Waals surface area contributed by atoms with Gasteiger partial charge >= 0.3 is 6.03 Å². The van der Waals surface area contributed by atoms with Crippen LogP contribution in [-0.2, 0) is 10.2 Å². The zero-order valence-electron chi connectivity index (χ0n) is 17.1. The summed E-state index contributed by atoms with van der Waals surface area (Å²) in [7, 11) is 4.80. The van der Waals surface area contributed by atoms with Crippen LogP contribution in [0, 0.1) is 0 Å². The van der Waals surface area contributed by atoms with Gasteiger partial charge in [-0.05, 0) is 31.0 Å². The maximum absolute atomic E-state index is 12.6. The summed E-state index contributed by atoms with van der Waals surface area (Å²) < 4.78 is 21.7. The van der Waals surface area contributed by atoms with E-state index in [0.29, 0.717) is 36.9 Å². The molecular weight excluding hydrogens is 372 g/mol. The van der Waals surface area contributed by atoms with Crippen LogP contribution in [0.5, 0.6) is 17.2 Å². The number of anilines is 1. The zero-order valence-corrected chi connectivity index (χ0v) is 17.1. The predicted octanol–water partition coefficient (Wildman–Crippen LogP) is 3.58. The van der Waals surface area contributed by atoms with Crippen LogP contribution in [0.2, 0.25) is 0 Å². The van der Waals surface area contributed by atoms with Gasteiger partial charge in [0.25, 0.3) is 0 Å². The van der Waals surface area contributed by atoms with Crippen LogP contribution in [0.1, 0.15) is 18.4 Å². The van der Waals surface area contributed by atoms with Crippen LogP contribution in [0.4, 0.5) is 10.5 Å². The van der Waals surface area contributed by atoms with Crippen molar-refractivity contribution < 1.29 is 23.7 Å². The van der Waals surface area contributed by atoms with Crippen molar-refractivity contribution in [3.05, 3.63) is 48.0 Å². The minimum atomic E-state index is -0.280. The number of hydrogen-bond donors (Lipinski definition) is 2. The van der Waals surface area contributed by atoms with Gasteiger partial charge in [0.05, 0.1) is 21.3 Å². The Morgan fingerprint density at radius 2 is 1.66 bits per heavy atom. The SMILES string of the molecule is COc1ccc(NC(=O)NCC2(c3ccccc3OC)CCOCC2)cc1OC. The van der Waals surface area contributed by atoms with E-state index in [-0.39, 0.29) is 11.4 Å². The molecule has 0 unspecified atom stereocenters. The molecule has 1 heterocycles. The summed E-state index contributed by atoms with van der Waals surface area (Å²) in [6, 6.07) is 12.9. The number of ether oxygens (including phenoxy) is 4. The largest absolute Gasteiger partial charge is 0.496 e. The Morgan fingerprint density at radius 1 is 0.966 bits per heavy atom. The molecule has 3 rings (SSSR count). The Bertz CT molecular complexity index is 834. The zero-order chi connectivity index (χ0) is 20.7. The number of urea groups is 1. The van der Waals surface area contributed by atoms with E-state index >= 15 is 0 Å². The highest BCUT2D eigenvalue weighted by Gasteiger charge is 2.37. The Labute approximate surface area is 171 Å². The Kier molecular flexibility index (Phi) is 6.82. The molecule has 0 saturated carbocycles. The first-order valence-corrected chi connectivity index (χ1v) is 9.60. The molecule has 29 heavy (non-hydrogen) atoms. The lowest BCUT2D eigenvalue weighted by molar-refractivity contribution is 0.0500. The van der Waals surface area contributed by atoms with Gasteiger partial charge in [-0.15, -0.1) is 0 Å². The van der Waals surface area contributed by atoms with Crippen molar-refractivity contribution in [1.29, 1.82) is 0 Å². The fraction of sp³-hybridized carbons (Fsp3) is 0.409. The van der Waals surface area contributed by atoms with Gasteiger partial charge < -0.3 is 29.6 Å². The van der Waals surface area contributed by atoms with E-state index in [4.69, 9.17) is 18.9 Å². The number of amides is 2. The van der Waals surface area contributed by atoms with Gasteiger partial charge in [-0.1, -0.05) is 18.2 Å². The van der Waals surface area contributed by atoms with Crippen LogP contribution in [0.3, 0.4) is 0 Å². The molecule has 1 aliphatic heterocycles. The summed E-state index contributed by atoms with van der Waals surface area (Å²) in [5, 5.41) is 5.88. The molecule has 2 aromatic rings. The van der Waals surface area contributed by atoms with Crippen molar-refractivity contribution in [1.82, 2.24) is 5.32 Å². The van der Waals surface area contributed by atoms with E-state index in [2.05, 4.69) is 16.7 Å². The number of methoxy groups -OCH3 is 3. The van der Waals surface area contributed by atoms with E-state index in [1.54, 1.807) is 39.5 Å². The average molecular weight is 400 g/mol. The van der Waals surface area contributed by atoms with E-state index in [9.17, 15) is 4.79 Å². The molecule has 1 saturated heterocycles. The van der Waals surface area contributed by atoms with Gasteiger partial charge in [0, 0.05) is 42.5 Å². The first kappa shape index (κ1) is 20.8. The fourth-order valence-corrected chi connectivity index (χ4v) is 3.72. The van der Waals surface area contributed by atoms with Gasteiger partial charge in [0.1, 0.15) is 5.75 Å². The molecule has 0 bridgehead atoms. The molecule has 7 heteroatoms. The molecule has 1 fully saturated rings. The second-order valence-electron chi connectivity index (χ2n) is 6.97. The van der Waals surface area contributed by atoms with Crippen LogP contribution in [-0.4, -0.2) is 47.1 Å². The lowest BCUT2D eigenvalue weighted by atomic mass is 9.73. The van der Waals surface area contributed by atoms with Crippen LogP contribution < -0.4 is 24.8 Å².